The summed E-state index contributed by atoms with van der Waals surface area (Å²) in [5.74, 6) is 0.727. The highest BCUT2D eigenvalue weighted by molar-refractivity contribution is 7.97. The van der Waals surface area contributed by atoms with E-state index in [1.165, 1.54) is 18.3 Å². The molecule has 0 unspecified atom stereocenters. The number of halogens is 1. The van der Waals surface area contributed by atoms with Crippen LogP contribution in [0.5, 0.6) is 0 Å². The lowest BCUT2D eigenvalue weighted by atomic mass is 10.3. The quantitative estimate of drug-likeness (QED) is 0.643. The molecule has 0 saturated heterocycles. The van der Waals surface area contributed by atoms with Gasteiger partial charge in [0.2, 0.25) is 0 Å². The van der Waals surface area contributed by atoms with E-state index in [0.29, 0.717) is 5.02 Å². The Morgan fingerprint density at radius 2 is 2.15 bits per heavy atom. The normalized spacial score (nSPS) is 10.9. The maximum absolute atomic E-state index is 6.23. The van der Waals surface area contributed by atoms with Gasteiger partial charge in [-0.3, -0.25) is 4.72 Å². The van der Waals surface area contributed by atoms with Crippen LogP contribution in [-0.4, -0.2) is 22.0 Å². The van der Waals surface area contributed by atoms with Crippen LogP contribution in [0.4, 0.5) is 11.5 Å². The van der Waals surface area contributed by atoms with Gasteiger partial charge >= 0.3 is 0 Å². The van der Waals surface area contributed by atoms with Gasteiger partial charge in [0.05, 0.1) is 16.1 Å². The molecule has 0 radical (unpaired) electrons. The molecule has 2 heterocycles. The molecule has 102 valence electrons. The van der Waals surface area contributed by atoms with E-state index >= 15 is 0 Å². The molecule has 7 heteroatoms. The van der Waals surface area contributed by atoms with E-state index < -0.39 is 0 Å². The summed E-state index contributed by atoms with van der Waals surface area (Å²) in [6.45, 7) is 0. The number of H-pyrrole nitrogens is 1. The fourth-order valence-electron chi connectivity index (χ4n) is 1.88. The number of fused-ring (bicyclic) bond motifs is 1. The number of hydrogen-bond donors (Lipinski definition) is 3. The molecule has 0 bridgehead atoms. The Labute approximate surface area is 125 Å². The Bertz CT molecular complexity index is 742. The van der Waals surface area contributed by atoms with Crippen LogP contribution < -0.4 is 10.0 Å². The number of nitrogens with zero attached hydrogens (tertiary/aromatic N) is 2. The Kier molecular flexibility index (Phi) is 3.77. The highest BCUT2D eigenvalue weighted by Gasteiger charge is 2.08. The van der Waals surface area contributed by atoms with E-state index in [-0.39, 0.29) is 0 Å². The van der Waals surface area contributed by atoms with Gasteiger partial charge in [-0.05, 0) is 43.3 Å². The summed E-state index contributed by atoms with van der Waals surface area (Å²) >= 11 is 7.75. The summed E-state index contributed by atoms with van der Waals surface area (Å²) in [6, 6.07) is 7.72. The minimum absolute atomic E-state index is 0.646. The van der Waals surface area contributed by atoms with Crippen molar-refractivity contribution in [1.29, 1.82) is 0 Å². The molecular weight excluding hydrogens is 294 g/mol. The van der Waals surface area contributed by atoms with Gasteiger partial charge in [-0.2, -0.15) is 0 Å². The molecule has 3 rings (SSSR count). The van der Waals surface area contributed by atoms with E-state index in [0.717, 1.165) is 27.4 Å². The van der Waals surface area contributed by atoms with E-state index in [1.807, 2.05) is 37.5 Å². The molecule has 0 fully saturated rings. The van der Waals surface area contributed by atoms with E-state index in [1.54, 1.807) is 0 Å². The molecule has 0 atom stereocenters. The number of benzene rings is 1. The fourth-order valence-corrected chi connectivity index (χ4v) is 2.59. The summed E-state index contributed by atoms with van der Waals surface area (Å²) in [7, 11) is 1.88. The third-order valence-corrected chi connectivity index (χ3v) is 3.79. The van der Waals surface area contributed by atoms with Crippen LogP contribution in [0.3, 0.4) is 0 Å². The van der Waals surface area contributed by atoms with Gasteiger partial charge in [-0.25, -0.2) is 9.97 Å². The lowest BCUT2D eigenvalue weighted by Crippen LogP contribution is -1.97. The summed E-state index contributed by atoms with van der Waals surface area (Å²) < 4.78 is 3.04. The zero-order valence-electron chi connectivity index (χ0n) is 10.6. The van der Waals surface area contributed by atoms with Gasteiger partial charge in [0.15, 0.2) is 0 Å². The summed E-state index contributed by atoms with van der Waals surface area (Å²) in [6.07, 6.45) is 3.35. The molecule has 0 aliphatic rings. The van der Waals surface area contributed by atoms with Crippen molar-refractivity contribution < 1.29 is 0 Å². The SMILES string of the molecule is CNSc1ccc(Cl)c(Nc2ncnc3[nH]ccc23)c1. The molecule has 0 amide bonds. The molecule has 0 saturated carbocycles. The monoisotopic (exact) mass is 305 g/mol. The van der Waals surface area contributed by atoms with Crippen molar-refractivity contribution >= 4 is 46.1 Å². The Morgan fingerprint density at radius 3 is 3.00 bits per heavy atom. The van der Waals surface area contributed by atoms with Crippen LogP contribution in [-0.2, 0) is 0 Å². The largest absolute Gasteiger partial charge is 0.346 e. The van der Waals surface area contributed by atoms with Crippen LogP contribution in [0.15, 0.2) is 41.7 Å². The van der Waals surface area contributed by atoms with Crippen LogP contribution in [0.2, 0.25) is 5.02 Å². The number of aromatic nitrogens is 3. The Hall–Kier alpha value is -1.76. The first kappa shape index (κ1) is 13.2. The van der Waals surface area contributed by atoms with E-state index in [9.17, 15) is 0 Å². The highest BCUT2D eigenvalue weighted by Crippen LogP contribution is 2.30. The van der Waals surface area contributed by atoms with Gasteiger partial charge in [-0.1, -0.05) is 11.6 Å². The van der Waals surface area contributed by atoms with Crippen LogP contribution >= 0.6 is 23.5 Å². The van der Waals surface area contributed by atoms with Gasteiger partial charge < -0.3 is 10.3 Å². The van der Waals surface area contributed by atoms with Crippen molar-refractivity contribution in [3.63, 3.8) is 0 Å². The predicted octanol–water partition coefficient (Wildman–Crippen LogP) is 3.58. The minimum atomic E-state index is 0.646. The number of aromatic amines is 1. The summed E-state index contributed by atoms with van der Waals surface area (Å²) in [4.78, 5) is 12.5. The molecule has 1 aromatic carbocycles. The number of rotatable bonds is 4. The molecule has 3 N–H and O–H groups in total. The zero-order valence-corrected chi connectivity index (χ0v) is 12.2. The maximum Gasteiger partial charge on any atom is 0.143 e. The molecule has 0 aliphatic heterocycles. The second-order valence-electron chi connectivity index (χ2n) is 4.04. The third kappa shape index (κ3) is 2.58. The van der Waals surface area contributed by atoms with Crippen molar-refractivity contribution in [2.75, 3.05) is 12.4 Å². The second-order valence-corrected chi connectivity index (χ2v) is 5.53. The standard InChI is InChI=1S/C13H12ClN5S/c1-15-20-8-2-3-10(14)11(6-8)19-13-9-4-5-16-12(9)17-7-18-13/h2-7,15H,1H3,(H2,16,17,18,19). The summed E-state index contributed by atoms with van der Waals surface area (Å²) in [5.41, 5.74) is 1.60. The predicted molar refractivity (Wildman–Crippen MR) is 83.5 cm³/mol. The first-order valence-electron chi connectivity index (χ1n) is 5.96. The molecule has 2 aromatic heterocycles. The third-order valence-electron chi connectivity index (χ3n) is 2.76. The first-order chi connectivity index (χ1) is 9.78. The van der Waals surface area contributed by atoms with Gasteiger partial charge in [0.25, 0.3) is 0 Å². The first-order valence-corrected chi connectivity index (χ1v) is 7.15. The van der Waals surface area contributed by atoms with Crippen LogP contribution in [0, 0.1) is 0 Å². The lowest BCUT2D eigenvalue weighted by Gasteiger charge is -2.10. The summed E-state index contributed by atoms with van der Waals surface area (Å²) in [5, 5.41) is 4.83. The van der Waals surface area contributed by atoms with Crippen molar-refractivity contribution in [2.24, 2.45) is 0 Å². The number of anilines is 2. The fraction of sp³-hybridized carbons (Fsp3) is 0.0769. The van der Waals surface area contributed by atoms with Gasteiger partial charge in [0, 0.05) is 11.1 Å². The average Bonchev–Trinajstić information content (AvgIpc) is 2.92. The molecule has 5 nitrogen and oxygen atoms in total. The van der Waals surface area contributed by atoms with Crippen LogP contribution in [0.1, 0.15) is 0 Å². The van der Waals surface area contributed by atoms with Gasteiger partial charge in [-0.15, -0.1) is 0 Å². The Morgan fingerprint density at radius 1 is 1.25 bits per heavy atom. The molecular formula is C13H12ClN5S. The van der Waals surface area contributed by atoms with Crippen molar-refractivity contribution in [2.45, 2.75) is 4.90 Å². The molecule has 3 aromatic rings. The average molecular weight is 306 g/mol. The van der Waals surface area contributed by atoms with E-state index in [4.69, 9.17) is 11.6 Å². The zero-order chi connectivity index (χ0) is 13.9. The topological polar surface area (TPSA) is 65.6 Å². The van der Waals surface area contributed by atoms with Crippen molar-refractivity contribution in [1.82, 2.24) is 19.7 Å². The molecule has 0 spiro atoms. The van der Waals surface area contributed by atoms with Gasteiger partial charge in [0.1, 0.15) is 17.8 Å². The van der Waals surface area contributed by atoms with Crippen LogP contribution in [0.25, 0.3) is 11.0 Å². The number of nitrogens with one attached hydrogen (secondary N) is 3. The molecule has 20 heavy (non-hydrogen) atoms. The number of hydrogen-bond acceptors (Lipinski definition) is 5. The van der Waals surface area contributed by atoms with Crippen molar-refractivity contribution in [3.8, 4) is 0 Å². The van der Waals surface area contributed by atoms with Crippen molar-refractivity contribution in [3.05, 3.63) is 41.8 Å². The molecule has 0 aliphatic carbocycles. The minimum Gasteiger partial charge on any atom is -0.346 e. The lowest BCUT2D eigenvalue weighted by molar-refractivity contribution is 1.20. The highest BCUT2D eigenvalue weighted by atomic mass is 35.5. The van der Waals surface area contributed by atoms with E-state index in [2.05, 4.69) is 25.0 Å². The second kappa shape index (κ2) is 5.70. The Balaban J connectivity index is 1.98. The smallest absolute Gasteiger partial charge is 0.143 e. The maximum atomic E-state index is 6.23.